The number of ether oxygens (including phenoxy) is 1. The van der Waals surface area contributed by atoms with E-state index in [1.165, 1.54) is 6.07 Å². The van der Waals surface area contributed by atoms with Crippen LogP contribution in [-0.2, 0) is 6.42 Å². The van der Waals surface area contributed by atoms with Crippen LogP contribution < -0.4 is 4.74 Å². The van der Waals surface area contributed by atoms with Crippen molar-refractivity contribution in [2.75, 3.05) is 6.61 Å². The van der Waals surface area contributed by atoms with E-state index in [-0.39, 0.29) is 17.8 Å². The van der Waals surface area contributed by atoms with E-state index in [2.05, 4.69) is 4.98 Å². The highest BCUT2D eigenvalue weighted by molar-refractivity contribution is 5.97. The quantitative estimate of drug-likeness (QED) is 0.658. The van der Waals surface area contributed by atoms with Crippen LogP contribution in [0.15, 0.2) is 42.6 Å². The number of hydrogen-bond donors (Lipinski definition) is 1. The van der Waals surface area contributed by atoms with E-state index in [9.17, 15) is 9.59 Å². The summed E-state index contributed by atoms with van der Waals surface area (Å²) in [5.74, 6) is -0.366. The Hall–Kier alpha value is -3.15. The molecule has 6 heteroatoms. The van der Waals surface area contributed by atoms with Gasteiger partial charge < -0.3 is 9.84 Å². The maximum atomic E-state index is 12.8. The first kappa shape index (κ1) is 17.7. The lowest BCUT2D eigenvalue weighted by atomic mass is 10.0. The second-order valence-electron chi connectivity index (χ2n) is 5.97. The van der Waals surface area contributed by atoms with Crippen molar-refractivity contribution in [3.05, 3.63) is 65.1 Å². The molecule has 0 saturated carbocycles. The lowest BCUT2D eigenvalue weighted by Gasteiger charge is -2.06. The van der Waals surface area contributed by atoms with E-state index >= 15 is 0 Å². The van der Waals surface area contributed by atoms with Crippen molar-refractivity contribution in [1.29, 1.82) is 0 Å². The number of carbonyl (C=O) groups is 2. The van der Waals surface area contributed by atoms with E-state index in [4.69, 9.17) is 9.84 Å². The fourth-order valence-corrected chi connectivity index (χ4v) is 3.00. The van der Waals surface area contributed by atoms with Crippen LogP contribution >= 0.6 is 0 Å². The lowest BCUT2D eigenvalue weighted by Crippen LogP contribution is -2.07. The predicted octanol–water partition coefficient (Wildman–Crippen LogP) is 3.56. The topological polar surface area (TPSA) is 80.9 Å². The van der Waals surface area contributed by atoms with Crippen LogP contribution in [0.4, 0.5) is 0 Å². The molecule has 1 aromatic carbocycles. The molecule has 0 aliphatic rings. The molecule has 26 heavy (non-hydrogen) atoms. The summed E-state index contributed by atoms with van der Waals surface area (Å²) in [6, 6.07) is 10.3. The van der Waals surface area contributed by atoms with Gasteiger partial charge in [-0.3, -0.25) is 9.20 Å². The summed E-state index contributed by atoms with van der Waals surface area (Å²) < 4.78 is 7.34. The molecule has 0 fully saturated rings. The third-order valence-electron chi connectivity index (χ3n) is 4.17. The molecule has 134 valence electrons. The van der Waals surface area contributed by atoms with Gasteiger partial charge in [0.1, 0.15) is 5.69 Å². The van der Waals surface area contributed by atoms with E-state index in [1.807, 2.05) is 25.1 Å². The molecule has 0 atom stereocenters. The van der Waals surface area contributed by atoms with Crippen molar-refractivity contribution in [3.8, 4) is 5.75 Å². The first-order valence-corrected chi connectivity index (χ1v) is 8.47. The molecule has 0 radical (unpaired) electrons. The fraction of sp³-hybridized carbons (Fsp3) is 0.250. The Morgan fingerprint density at radius 2 is 2.04 bits per heavy atom. The van der Waals surface area contributed by atoms with Crippen LogP contribution in [0.25, 0.3) is 5.65 Å². The molecule has 0 aliphatic heterocycles. The van der Waals surface area contributed by atoms with Crippen molar-refractivity contribution < 1.29 is 19.4 Å². The number of carboxylic acids is 1. The van der Waals surface area contributed by atoms with Gasteiger partial charge in [0.15, 0.2) is 17.2 Å². The molecule has 2 aromatic heterocycles. The average Bonchev–Trinajstić information content (AvgIpc) is 2.97. The standard InChI is InChI=1S/C20H20N2O4/c1-3-26-17-8-5-11-22-18(13(2)21-19(17)22)16(23)10-9-14-6-4-7-15(12-14)20(24)25/h4-8,11-12H,3,9-10H2,1-2H3,(H,24,25). The van der Waals surface area contributed by atoms with Gasteiger partial charge in [-0.1, -0.05) is 12.1 Å². The molecular weight excluding hydrogens is 332 g/mol. The Labute approximate surface area is 151 Å². The van der Waals surface area contributed by atoms with Gasteiger partial charge in [-0.15, -0.1) is 0 Å². The van der Waals surface area contributed by atoms with Gasteiger partial charge in [0.05, 0.1) is 17.9 Å². The molecule has 1 N–H and O–H groups in total. The highest BCUT2D eigenvalue weighted by Gasteiger charge is 2.18. The number of fused-ring (bicyclic) bond motifs is 1. The average molecular weight is 352 g/mol. The largest absolute Gasteiger partial charge is 0.490 e. The smallest absolute Gasteiger partial charge is 0.335 e. The molecule has 0 unspecified atom stereocenters. The maximum Gasteiger partial charge on any atom is 0.335 e. The van der Waals surface area contributed by atoms with Crippen molar-refractivity contribution in [2.45, 2.75) is 26.7 Å². The van der Waals surface area contributed by atoms with Gasteiger partial charge in [-0.25, -0.2) is 9.78 Å². The van der Waals surface area contributed by atoms with Crippen molar-refractivity contribution >= 4 is 17.4 Å². The molecule has 2 heterocycles. The molecule has 3 rings (SSSR count). The number of rotatable bonds is 7. The van der Waals surface area contributed by atoms with E-state index in [1.54, 1.807) is 29.7 Å². The normalized spacial score (nSPS) is 10.8. The molecule has 0 spiro atoms. The number of carbonyl (C=O) groups excluding carboxylic acids is 1. The molecule has 3 aromatic rings. The van der Waals surface area contributed by atoms with E-state index in [0.29, 0.717) is 35.8 Å². The number of hydrogen-bond acceptors (Lipinski definition) is 4. The van der Waals surface area contributed by atoms with Crippen LogP contribution in [0.1, 0.15) is 45.4 Å². The highest BCUT2D eigenvalue weighted by atomic mass is 16.5. The number of benzene rings is 1. The Balaban J connectivity index is 1.84. The Kier molecular flexibility index (Phi) is 5.02. The molecular formula is C20H20N2O4. The number of Topliss-reactive ketones (excluding diaryl/α,β-unsaturated/α-hetero) is 1. The van der Waals surface area contributed by atoms with Crippen LogP contribution in [0.2, 0.25) is 0 Å². The van der Waals surface area contributed by atoms with Crippen LogP contribution in [0.5, 0.6) is 5.75 Å². The minimum atomic E-state index is -0.973. The minimum Gasteiger partial charge on any atom is -0.490 e. The fourth-order valence-electron chi connectivity index (χ4n) is 3.00. The molecule has 6 nitrogen and oxygen atoms in total. The maximum absolute atomic E-state index is 12.8. The molecule has 0 bridgehead atoms. The first-order valence-electron chi connectivity index (χ1n) is 8.47. The minimum absolute atomic E-state index is 0.0376. The monoisotopic (exact) mass is 352 g/mol. The number of aromatic nitrogens is 2. The lowest BCUT2D eigenvalue weighted by molar-refractivity contribution is 0.0696. The van der Waals surface area contributed by atoms with Crippen LogP contribution in [0, 0.1) is 6.92 Å². The zero-order valence-corrected chi connectivity index (χ0v) is 14.7. The second-order valence-corrected chi connectivity index (χ2v) is 5.97. The Morgan fingerprint density at radius 1 is 1.23 bits per heavy atom. The number of carboxylic acid groups (broad SMARTS) is 1. The number of nitrogens with zero attached hydrogens (tertiary/aromatic N) is 2. The zero-order chi connectivity index (χ0) is 18.7. The van der Waals surface area contributed by atoms with Gasteiger partial charge in [-0.2, -0.15) is 0 Å². The second kappa shape index (κ2) is 7.39. The number of aryl methyl sites for hydroxylation is 2. The molecule has 0 saturated heterocycles. The van der Waals surface area contributed by atoms with Crippen molar-refractivity contribution in [1.82, 2.24) is 9.38 Å². The number of ketones is 1. The SMILES string of the molecule is CCOc1cccn2c(C(=O)CCc3cccc(C(=O)O)c3)c(C)nc12. The third-order valence-corrected chi connectivity index (χ3v) is 4.17. The summed E-state index contributed by atoms with van der Waals surface area (Å²) in [6.45, 7) is 4.23. The molecule has 0 aliphatic carbocycles. The van der Waals surface area contributed by atoms with E-state index in [0.717, 1.165) is 5.56 Å². The summed E-state index contributed by atoms with van der Waals surface area (Å²) in [5.41, 5.74) is 2.86. The first-order chi connectivity index (χ1) is 12.5. The third kappa shape index (κ3) is 3.44. The van der Waals surface area contributed by atoms with Gasteiger partial charge >= 0.3 is 5.97 Å². The summed E-state index contributed by atoms with van der Waals surface area (Å²) in [7, 11) is 0. The van der Waals surface area contributed by atoms with Gasteiger partial charge in [0.2, 0.25) is 0 Å². The Bertz CT molecular complexity index is 975. The van der Waals surface area contributed by atoms with Crippen LogP contribution in [-0.4, -0.2) is 32.9 Å². The predicted molar refractivity (Wildman–Crippen MR) is 97.2 cm³/mol. The van der Waals surface area contributed by atoms with Crippen LogP contribution in [0.3, 0.4) is 0 Å². The van der Waals surface area contributed by atoms with Gasteiger partial charge in [0.25, 0.3) is 0 Å². The van der Waals surface area contributed by atoms with Crippen molar-refractivity contribution in [2.24, 2.45) is 0 Å². The number of imidazole rings is 1. The molecule has 0 amide bonds. The summed E-state index contributed by atoms with van der Waals surface area (Å²) in [4.78, 5) is 28.3. The van der Waals surface area contributed by atoms with Gasteiger partial charge in [-0.05, 0) is 50.1 Å². The Morgan fingerprint density at radius 3 is 2.77 bits per heavy atom. The highest BCUT2D eigenvalue weighted by Crippen LogP contribution is 2.23. The number of aromatic carboxylic acids is 1. The van der Waals surface area contributed by atoms with E-state index < -0.39 is 5.97 Å². The summed E-state index contributed by atoms with van der Waals surface area (Å²) >= 11 is 0. The summed E-state index contributed by atoms with van der Waals surface area (Å²) in [5, 5.41) is 9.07. The summed E-state index contributed by atoms with van der Waals surface area (Å²) in [6.07, 6.45) is 2.55. The van der Waals surface area contributed by atoms with Crippen molar-refractivity contribution in [3.63, 3.8) is 0 Å². The zero-order valence-electron chi connectivity index (χ0n) is 14.7. The number of pyridine rings is 1. The van der Waals surface area contributed by atoms with Gasteiger partial charge in [0, 0.05) is 12.6 Å².